The van der Waals surface area contributed by atoms with Crippen LogP contribution in [0.1, 0.15) is 19.8 Å². The van der Waals surface area contributed by atoms with E-state index in [1.807, 2.05) is 6.08 Å². The summed E-state index contributed by atoms with van der Waals surface area (Å²) in [6.07, 6.45) is 10.6. The molecular weight excluding hydrogens is 249 g/mol. The van der Waals surface area contributed by atoms with Gasteiger partial charge in [0.1, 0.15) is 0 Å². The molecule has 0 aromatic carbocycles. The first-order valence-corrected chi connectivity index (χ1v) is 3.96. The average molecular weight is 263 g/mol. The van der Waals surface area contributed by atoms with Crippen molar-refractivity contribution < 1.29 is 24.3 Å². The van der Waals surface area contributed by atoms with E-state index in [0.717, 1.165) is 12.8 Å². The number of carbonyl (C=O) groups excluding carboxylic acids is 1. The molecule has 13 heavy (non-hydrogen) atoms. The van der Waals surface area contributed by atoms with Gasteiger partial charge in [-0.2, -0.15) is 19.1 Å². The SMILES string of the molecule is C=C[CH-]C1=C(CC)C=CC1.[CH-]=O.[Ru+2]. The first-order valence-electron chi connectivity index (χ1n) is 3.96. The first kappa shape index (κ1) is 14.9. The Morgan fingerprint density at radius 2 is 2.31 bits per heavy atom. The van der Waals surface area contributed by atoms with Crippen molar-refractivity contribution in [3.8, 4) is 0 Å². The molecule has 0 amide bonds. The molecule has 0 unspecified atom stereocenters. The van der Waals surface area contributed by atoms with Crippen LogP contribution < -0.4 is 0 Å². The summed E-state index contributed by atoms with van der Waals surface area (Å²) in [6, 6.07) is 0. The monoisotopic (exact) mass is 264 g/mol. The predicted octanol–water partition coefficient (Wildman–Crippen LogP) is 2.77. The Bertz CT molecular complexity index is 204. The fourth-order valence-electron chi connectivity index (χ4n) is 1.23. The van der Waals surface area contributed by atoms with Crippen LogP contribution in [0, 0.1) is 6.42 Å². The molecule has 2 heteroatoms. The molecule has 0 saturated carbocycles. The van der Waals surface area contributed by atoms with Gasteiger partial charge >= 0.3 is 19.5 Å². The molecule has 0 N–H and O–H groups in total. The smallest absolute Gasteiger partial charge is 0.545 e. The zero-order valence-corrected chi connectivity index (χ0v) is 9.51. The van der Waals surface area contributed by atoms with Gasteiger partial charge in [-0.1, -0.05) is 19.4 Å². The number of hydrogen-bond acceptors (Lipinski definition) is 1. The minimum Gasteiger partial charge on any atom is -0.545 e. The molecule has 1 rings (SSSR count). The van der Waals surface area contributed by atoms with Crippen LogP contribution in [0.2, 0.25) is 0 Å². The Kier molecular flexibility index (Phi) is 10.8. The molecule has 0 aromatic rings. The fraction of sp³-hybridized carbons (Fsp3) is 0.273. The molecule has 0 radical (unpaired) electrons. The molecule has 72 valence electrons. The van der Waals surface area contributed by atoms with Crippen molar-refractivity contribution in [3.05, 3.63) is 42.4 Å². The van der Waals surface area contributed by atoms with E-state index in [1.165, 1.54) is 11.1 Å². The molecule has 0 saturated heterocycles. The van der Waals surface area contributed by atoms with Gasteiger partial charge < -0.3 is 4.79 Å². The van der Waals surface area contributed by atoms with Gasteiger partial charge in [0.25, 0.3) is 0 Å². The Morgan fingerprint density at radius 3 is 2.77 bits per heavy atom. The Hall–Kier alpha value is -0.617. The molecule has 0 bridgehead atoms. The molecule has 0 fully saturated rings. The topological polar surface area (TPSA) is 17.1 Å². The minimum atomic E-state index is 0. The maximum absolute atomic E-state index is 7.75. The second-order valence-electron chi connectivity index (χ2n) is 2.41. The van der Waals surface area contributed by atoms with Crippen LogP contribution in [0.25, 0.3) is 0 Å². The summed E-state index contributed by atoms with van der Waals surface area (Å²) in [5, 5.41) is 0. The van der Waals surface area contributed by atoms with E-state index in [4.69, 9.17) is 4.79 Å². The number of rotatable bonds is 3. The molecule has 0 spiro atoms. The minimum absolute atomic E-state index is 0. The van der Waals surface area contributed by atoms with E-state index in [9.17, 15) is 0 Å². The standard InChI is InChI=1S/C10H13.CHO.Ru/c1-3-6-10-8-5-7-9(10)4-2;1-2;/h3,5-7H,1,4,8H2,2H3;1H;/q2*-1;+2. The normalized spacial score (nSPS) is 12.7. The Morgan fingerprint density at radius 1 is 1.69 bits per heavy atom. The van der Waals surface area contributed by atoms with Crippen LogP contribution in [0.15, 0.2) is 36.0 Å². The molecule has 0 aliphatic heterocycles. The average Bonchev–Trinajstić information content (AvgIpc) is 2.56. The third-order valence-corrected chi connectivity index (χ3v) is 1.77. The second-order valence-corrected chi connectivity index (χ2v) is 2.41. The van der Waals surface area contributed by atoms with Gasteiger partial charge in [-0.15, -0.1) is 17.2 Å². The van der Waals surface area contributed by atoms with Gasteiger partial charge in [0.05, 0.1) is 0 Å². The second kappa shape index (κ2) is 9.47. The molecular formula is C11H14ORu. The van der Waals surface area contributed by atoms with E-state index in [-0.39, 0.29) is 19.5 Å². The van der Waals surface area contributed by atoms with Crippen molar-refractivity contribution in [1.29, 1.82) is 0 Å². The van der Waals surface area contributed by atoms with Crippen LogP contribution in [-0.2, 0) is 24.3 Å². The Balaban J connectivity index is 0. The molecule has 1 aliphatic carbocycles. The molecule has 1 aliphatic rings. The summed E-state index contributed by atoms with van der Waals surface area (Å²) in [7, 11) is 0. The van der Waals surface area contributed by atoms with Crippen molar-refractivity contribution >= 4 is 6.79 Å². The van der Waals surface area contributed by atoms with Crippen molar-refractivity contribution in [3.63, 3.8) is 0 Å². The third kappa shape index (κ3) is 4.84. The van der Waals surface area contributed by atoms with Crippen LogP contribution in [0.5, 0.6) is 0 Å². The van der Waals surface area contributed by atoms with Crippen molar-refractivity contribution in [2.24, 2.45) is 0 Å². The maximum atomic E-state index is 7.75. The van der Waals surface area contributed by atoms with Crippen LogP contribution in [-0.4, -0.2) is 6.79 Å². The fourth-order valence-corrected chi connectivity index (χ4v) is 1.23. The quantitative estimate of drug-likeness (QED) is 0.435. The summed E-state index contributed by atoms with van der Waals surface area (Å²) in [4.78, 5) is 7.75. The number of hydrogen-bond donors (Lipinski definition) is 0. The maximum Gasteiger partial charge on any atom is 2.00 e. The van der Waals surface area contributed by atoms with E-state index in [1.54, 1.807) is 0 Å². The molecule has 1 nitrogen and oxygen atoms in total. The van der Waals surface area contributed by atoms with E-state index in [2.05, 4.69) is 38.9 Å². The summed E-state index contributed by atoms with van der Waals surface area (Å²) >= 11 is 0. The van der Waals surface area contributed by atoms with Gasteiger partial charge in [-0.25, -0.2) is 0 Å². The third-order valence-electron chi connectivity index (χ3n) is 1.77. The van der Waals surface area contributed by atoms with Crippen LogP contribution in [0.4, 0.5) is 0 Å². The van der Waals surface area contributed by atoms with Gasteiger partial charge in [0.2, 0.25) is 0 Å². The van der Waals surface area contributed by atoms with E-state index in [0.29, 0.717) is 0 Å². The number of allylic oxidation sites excluding steroid dienone is 5. The summed E-state index contributed by atoms with van der Waals surface area (Å²) in [5.74, 6) is 0. The van der Waals surface area contributed by atoms with Crippen molar-refractivity contribution in [1.82, 2.24) is 0 Å². The Labute approximate surface area is 93.4 Å². The van der Waals surface area contributed by atoms with Gasteiger partial charge in [-0.3, -0.25) is 6.79 Å². The summed E-state index contributed by atoms with van der Waals surface area (Å²) in [5.41, 5.74) is 2.89. The van der Waals surface area contributed by atoms with E-state index < -0.39 is 0 Å². The molecule has 0 atom stereocenters. The van der Waals surface area contributed by atoms with E-state index >= 15 is 0 Å². The molecule has 0 heterocycles. The van der Waals surface area contributed by atoms with Gasteiger partial charge in [0.15, 0.2) is 0 Å². The molecule has 0 aromatic heterocycles. The van der Waals surface area contributed by atoms with Crippen molar-refractivity contribution in [2.75, 3.05) is 0 Å². The summed E-state index contributed by atoms with van der Waals surface area (Å²) in [6.45, 7) is 9.11. The summed E-state index contributed by atoms with van der Waals surface area (Å²) < 4.78 is 0. The van der Waals surface area contributed by atoms with Crippen molar-refractivity contribution in [2.45, 2.75) is 19.8 Å². The zero-order valence-electron chi connectivity index (χ0n) is 7.77. The first-order chi connectivity index (χ1) is 5.88. The van der Waals surface area contributed by atoms with Gasteiger partial charge in [0, 0.05) is 0 Å². The van der Waals surface area contributed by atoms with Crippen LogP contribution in [0.3, 0.4) is 0 Å². The largest absolute Gasteiger partial charge is 2.00 e. The van der Waals surface area contributed by atoms with Crippen LogP contribution >= 0.6 is 0 Å². The predicted molar refractivity (Wildman–Crippen MR) is 52.3 cm³/mol. The van der Waals surface area contributed by atoms with Gasteiger partial charge in [-0.05, 0) is 6.42 Å². The zero-order chi connectivity index (χ0) is 9.40.